The van der Waals surface area contributed by atoms with Crippen LogP contribution in [-0.4, -0.2) is 79.4 Å². The summed E-state index contributed by atoms with van der Waals surface area (Å²) in [4.78, 5) is 27.1. The Morgan fingerprint density at radius 3 is 2.50 bits per heavy atom. The number of hydrogen-bond donors (Lipinski definition) is 1. The van der Waals surface area contributed by atoms with E-state index in [0.717, 1.165) is 17.5 Å². The first-order valence-corrected chi connectivity index (χ1v) is 15.6. The number of benzene rings is 2. The number of amides is 1. The zero-order valence-corrected chi connectivity index (χ0v) is 23.6. The van der Waals surface area contributed by atoms with Gasteiger partial charge in [-0.1, -0.05) is 73.2 Å². The molecule has 1 amide bonds. The van der Waals surface area contributed by atoms with E-state index >= 15 is 0 Å². The van der Waals surface area contributed by atoms with Gasteiger partial charge in [-0.15, -0.1) is 0 Å². The van der Waals surface area contributed by atoms with Gasteiger partial charge in [0.1, 0.15) is 6.61 Å². The molecule has 2 aromatic carbocycles. The van der Waals surface area contributed by atoms with Crippen molar-refractivity contribution in [3.05, 3.63) is 83.4 Å². The fraction of sp³-hybridized carbons (Fsp3) is 0.484. The Morgan fingerprint density at radius 2 is 1.75 bits per heavy atom. The van der Waals surface area contributed by atoms with E-state index < -0.39 is 26.4 Å². The molecule has 9 heteroatoms. The first kappa shape index (κ1) is 28.7. The van der Waals surface area contributed by atoms with Crippen molar-refractivity contribution in [1.29, 1.82) is 0 Å². The molecule has 2 aliphatic heterocycles. The van der Waals surface area contributed by atoms with Crippen LogP contribution in [-0.2, 0) is 41.9 Å². The van der Waals surface area contributed by atoms with Crippen LogP contribution in [0, 0.1) is 0 Å². The van der Waals surface area contributed by atoms with E-state index in [4.69, 9.17) is 4.74 Å². The fourth-order valence-corrected chi connectivity index (χ4v) is 8.45. The SMILES string of the molecule is O=CC1(S(=O)(=O)N2CCCCC2COCC(=O)N2CCC(O)(Cc3ccccc3)CC2)C=CCc2ccccc21. The van der Waals surface area contributed by atoms with Gasteiger partial charge in [-0.2, -0.15) is 4.31 Å². The van der Waals surface area contributed by atoms with Crippen molar-refractivity contribution in [2.45, 2.75) is 61.3 Å². The van der Waals surface area contributed by atoms with Crippen molar-refractivity contribution >= 4 is 22.2 Å². The number of fused-ring (bicyclic) bond motifs is 1. The topological polar surface area (TPSA) is 104 Å². The predicted molar refractivity (Wildman–Crippen MR) is 152 cm³/mol. The molecule has 8 nitrogen and oxygen atoms in total. The lowest BCUT2D eigenvalue weighted by Crippen LogP contribution is -2.54. The summed E-state index contributed by atoms with van der Waals surface area (Å²) in [6, 6.07) is 16.6. The molecule has 0 bridgehead atoms. The van der Waals surface area contributed by atoms with Gasteiger partial charge >= 0.3 is 0 Å². The van der Waals surface area contributed by atoms with Gasteiger partial charge < -0.3 is 19.5 Å². The van der Waals surface area contributed by atoms with E-state index in [2.05, 4.69) is 0 Å². The van der Waals surface area contributed by atoms with E-state index in [9.17, 15) is 23.1 Å². The van der Waals surface area contributed by atoms with E-state index in [1.165, 1.54) is 10.4 Å². The minimum atomic E-state index is -4.09. The molecular formula is C31H38N2O6S. The summed E-state index contributed by atoms with van der Waals surface area (Å²) >= 11 is 0. The molecule has 2 aromatic rings. The second-order valence-electron chi connectivity index (χ2n) is 11.2. The molecule has 1 N–H and O–H groups in total. The van der Waals surface area contributed by atoms with Gasteiger partial charge in [0, 0.05) is 32.1 Å². The van der Waals surface area contributed by atoms with Crippen LogP contribution >= 0.6 is 0 Å². The molecule has 214 valence electrons. The van der Waals surface area contributed by atoms with Crippen LogP contribution < -0.4 is 0 Å². The van der Waals surface area contributed by atoms with Gasteiger partial charge in [-0.05, 0) is 48.8 Å². The van der Waals surface area contributed by atoms with Crippen molar-refractivity contribution in [3.63, 3.8) is 0 Å². The van der Waals surface area contributed by atoms with E-state index in [-0.39, 0.29) is 19.1 Å². The zero-order valence-electron chi connectivity index (χ0n) is 22.8. The Balaban J connectivity index is 1.19. The Hall–Kier alpha value is -2.85. The molecular weight excluding hydrogens is 528 g/mol. The molecule has 2 atom stereocenters. The molecule has 1 aliphatic carbocycles. The molecule has 40 heavy (non-hydrogen) atoms. The molecule has 2 saturated heterocycles. The first-order valence-electron chi connectivity index (χ1n) is 14.1. The van der Waals surface area contributed by atoms with Crippen LogP contribution in [0.25, 0.3) is 0 Å². The number of aliphatic hydroxyl groups is 1. The lowest BCUT2D eigenvalue weighted by molar-refractivity contribution is -0.140. The molecule has 3 aliphatic rings. The minimum absolute atomic E-state index is 0.0804. The highest BCUT2D eigenvalue weighted by Gasteiger charge is 2.51. The van der Waals surface area contributed by atoms with Crippen molar-refractivity contribution in [3.8, 4) is 0 Å². The number of sulfonamides is 1. The molecule has 2 unspecified atom stereocenters. The van der Waals surface area contributed by atoms with Gasteiger partial charge in [-0.3, -0.25) is 4.79 Å². The molecule has 0 aromatic heterocycles. The molecule has 2 fully saturated rings. The third-order valence-corrected chi connectivity index (χ3v) is 11.0. The Labute approximate surface area is 236 Å². The summed E-state index contributed by atoms with van der Waals surface area (Å²) in [6.07, 6.45) is 8.08. The Morgan fingerprint density at radius 1 is 1.02 bits per heavy atom. The van der Waals surface area contributed by atoms with Crippen LogP contribution in [0.15, 0.2) is 66.7 Å². The molecule has 0 radical (unpaired) electrons. The number of allylic oxidation sites excluding steroid dienone is 1. The molecule has 2 heterocycles. The van der Waals surface area contributed by atoms with Gasteiger partial charge in [0.25, 0.3) is 0 Å². The summed E-state index contributed by atoms with van der Waals surface area (Å²) in [7, 11) is -4.09. The van der Waals surface area contributed by atoms with Crippen LogP contribution in [0.2, 0.25) is 0 Å². The maximum absolute atomic E-state index is 14.1. The maximum Gasteiger partial charge on any atom is 0.248 e. The van der Waals surface area contributed by atoms with Crippen molar-refractivity contribution < 1.29 is 27.9 Å². The van der Waals surface area contributed by atoms with Crippen LogP contribution in [0.5, 0.6) is 0 Å². The van der Waals surface area contributed by atoms with E-state index in [0.29, 0.717) is 70.0 Å². The second-order valence-corrected chi connectivity index (χ2v) is 13.3. The average molecular weight is 567 g/mol. The summed E-state index contributed by atoms with van der Waals surface area (Å²) < 4.78 is 33.7. The number of aldehydes is 1. The fourth-order valence-electron chi connectivity index (χ4n) is 6.27. The van der Waals surface area contributed by atoms with Crippen LogP contribution in [0.1, 0.15) is 48.8 Å². The van der Waals surface area contributed by atoms with Gasteiger partial charge in [0.2, 0.25) is 15.9 Å². The molecule has 0 spiro atoms. The average Bonchev–Trinajstić information content (AvgIpc) is 2.97. The van der Waals surface area contributed by atoms with Crippen molar-refractivity contribution in [1.82, 2.24) is 9.21 Å². The molecule has 0 saturated carbocycles. The summed E-state index contributed by atoms with van der Waals surface area (Å²) in [5.41, 5.74) is 1.57. The van der Waals surface area contributed by atoms with Gasteiger partial charge in [0.15, 0.2) is 11.0 Å². The lowest BCUT2D eigenvalue weighted by atomic mass is 9.85. The highest BCUT2D eigenvalue weighted by molar-refractivity contribution is 7.91. The van der Waals surface area contributed by atoms with Crippen LogP contribution in [0.3, 0.4) is 0 Å². The van der Waals surface area contributed by atoms with E-state index in [1.54, 1.807) is 23.1 Å². The first-order chi connectivity index (χ1) is 19.3. The number of rotatable bonds is 9. The Bertz CT molecular complexity index is 1340. The number of ether oxygens (including phenoxy) is 1. The Kier molecular flexibility index (Phi) is 8.56. The number of likely N-dealkylation sites (tertiary alicyclic amines) is 1. The summed E-state index contributed by atoms with van der Waals surface area (Å²) in [6.45, 7) is 1.13. The maximum atomic E-state index is 14.1. The second kappa shape index (κ2) is 11.9. The largest absolute Gasteiger partial charge is 0.389 e. The van der Waals surface area contributed by atoms with Gasteiger partial charge in [0.05, 0.1) is 12.2 Å². The van der Waals surface area contributed by atoms with Gasteiger partial charge in [-0.25, -0.2) is 8.42 Å². The number of carbonyl (C=O) groups excluding carboxylic acids is 2. The zero-order chi connectivity index (χ0) is 28.2. The van der Waals surface area contributed by atoms with Crippen LogP contribution in [0.4, 0.5) is 0 Å². The highest BCUT2D eigenvalue weighted by atomic mass is 32.2. The summed E-state index contributed by atoms with van der Waals surface area (Å²) in [5.74, 6) is -0.166. The number of carbonyl (C=O) groups is 2. The monoisotopic (exact) mass is 566 g/mol. The summed E-state index contributed by atoms with van der Waals surface area (Å²) in [5, 5.41) is 11.0. The quantitative estimate of drug-likeness (QED) is 0.370. The lowest BCUT2D eigenvalue weighted by Gasteiger charge is -2.41. The number of hydrogen-bond acceptors (Lipinski definition) is 6. The smallest absolute Gasteiger partial charge is 0.248 e. The normalized spacial score (nSPS) is 24.8. The predicted octanol–water partition coefficient (Wildman–Crippen LogP) is 2.99. The number of nitrogens with zero attached hydrogens (tertiary/aromatic N) is 2. The van der Waals surface area contributed by atoms with E-state index in [1.807, 2.05) is 42.5 Å². The minimum Gasteiger partial charge on any atom is -0.389 e. The standard InChI is InChI=1S/C31H38N2O6S/c34-24-31(15-8-12-26-11-4-5-14-28(26)31)40(37,38)33-18-7-6-13-27(33)22-39-23-29(35)32-19-16-30(36,17-20-32)21-25-9-2-1-3-10-25/h1-5,8-11,14-15,24,27,36H,6-7,12-13,16-23H2. The highest BCUT2D eigenvalue weighted by Crippen LogP contribution is 2.40. The molecule has 5 rings (SSSR count). The van der Waals surface area contributed by atoms with Crippen molar-refractivity contribution in [2.75, 3.05) is 32.8 Å². The number of piperidine rings is 2. The third kappa shape index (κ3) is 5.65. The van der Waals surface area contributed by atoms with Crippen molar-refractivity contribution in [2.24, 2.45) is 0 Å². The third-order valence-electron chi connectivity index (χ3n) is 8.58.